The molecule has 1 amide bonds. The number of carbonyl (C=O) groups is 1. The Balaban J connectivity index is 1.55. The van der Waals surface area contributed by atoms with Crippen molar-refractivity contribution >= 4 is 5.91 Å². The zero-order valence-corrected chi connectivity index (χ0v) is 15.3. The fourth-order valence-electron chi connectivity index (χ4n) is 4.21. The van der Waals surface area contributed by atoms with Gasteiger partial charge < -0.3 is 10.6 Å². The SMILES string of the molecule is CC(C)(CNC(=O)CC1CC2CCC(C1)N2)c1cccc(C(F)(F)F)c1. The third-order valence-corrected chi connectivity index (χ3v) is 5.74. The minimum Gasteiger partial charge on any atom is -0.355 e. The van der Waals surface area contributed by atoms with Gasteiger partial charge in [0.2, 0.25) is 5.91 Å². The van der Waals surface area contributed by atoms with Crippen molar-refractivity contribution in [1.82, 2.24) is 10.6 Å². The maximum absolute atomic E-state index is 12.9. The summed E-state index contributed by atoms with van der Waals surface area (Å²) in [4.78, 5) is 12.3. The third-order valence-electron chi connectivity index (χ3n) is 5.74. The quantitative estimate of drug-likeness (QED) is 0.824. The first-order chi connectivity index (χ1) is 12.1. The first kappa shape index (κ1) is 19.2. The smallest absolute Gasteiger partial charge is 0.355 e. The van der Waals surface area contributed by atoms with Gasteiger partial charge in [-0.25, -0.2) is 0 Å². The van der Waals surface area contributed by atoms with Gasteiger partial charge in [0.15, 0.2) is 0 Å². The molecule has 2 saturated heterocycles. The molecule has 26 heavy (non-hydrogen) atoms. The lowest BCUT2D eigenvalue weighted by atomic mass is 9.83. The number of hydrogen-bond donors (Lipinski definition) is 2. The minimum atomic E-state index is -4.36. The maximum atomic E-state index is 12.9. The van der Waals surface area contributed by atoms with E-state index >= 15 is 0 Å². The van der Waals surface area contributed by atoms with Gasteiger partial charge in [-0.2, -0.15) is 13.2 Å². The predicted octanol–water partition coefficient (Wildman–Crippen LogP) is 4.02. The normalized spacial score (nSPS) is 26.0. The van der Waals surface area contributed by atoms with Crippen LogP contribution in [0.2, 0.25) is 0 Å². The topological polar surface area (TPSA) is 41.1 Å². The van der Waals surface area contributed by atoms with Crippen LogP contribution < -0.4 is 10.6 Å². The van der Waals surface area contributed by atoms with E-state index in [1.165, 1.54) is 25.0 Å². The van der Waals surface area contributed by atoms with Crippen LogP contribution in [0.3, 0.4) is 0 Å². The molecule has 0 saturated carbocycles. The van der Waals surface area contributed by atoms with Crippen molar-refractivity contribution in [2.75, 3.05) is 6.54 Å². The summed E-state index contributed by atoms with van der Waals surface area (Å²) in [5.41, 5.74) is -0.642. The van der Waals surface area contributed by atoms with Crippen molar-refractivity contribution in [2.24, 2.45) is 5.92 Å². The molecule has 1 aromatic carbocycles. The number of piperidine rings is 1. The van der Waals surface area contributed by atoms with E-state index in [0.717, 1.165) is 18.9 Å². The molecule has 0 radical (unpaired) electrons. The molecule has 3 rings (SSSR count). The third kappa shape index (κ3) is 4.58. The molecule has 0 aliphatic carbocycles. The highest BCUT2D eigenvalue weighted by atomic mass is 19.4. The van der Waals surface area contributed by atoms with Gasteiger partial charge in [0.25, 0.3) is 0 Å². The van der Waals surface area contributed by atoms with Gasteiger partial charge in [0.1, 0.15) is 0 Å². The molecule has 2 aliphatic rings. The monoisotopic (exact) mass is 368 g/mol. The zero-order valence-electron chi connectivity index (χ0n) is 15.3. The summed E-state index contributed by atoms with van der Waals surface area (Å²) in [5.74, 6) is 0.404. The molecule has 2 aliphatic heterocycles. The first-order valence-electron chi connectivity index (χ1n) is 9.34. The van der Waals surface area contributed by atoms with E-state index in [1.807, 2.05) is 13.8 Å². The molecular formula is C20H27F3N2O. The van der Waals surface area contributed by atoms with E-state index in [4.69, 9.17) is 0 Å². The Kier molecular flexibility index (Phi) is 5.33. The summed E-state index contributed by atoms with van der Waals surface area (Å²) in [6.45, 7) is 4.03. The molecule has 2 N–H and O–H groups in total. The van der Waals surface area contributed by atoms with Crippen LogP contribution in [0, 0.1) is 5.92 Å². The highest BCUT2D eigenvalue weighted by molar-refractivity contribution is 5.76. The molecule has 2 bridgehead atoms. The molecule has 144 valence electrons. The van der Waals surface area contributed by atoms with Crippen molar-refractivity contribution in [1.29, 1.82) is 0 Å². The van der Waals surface area contributed by atoms with Crippen LogP contribution in [0.5, 0.6) is 0 Å². The Labute approximate surface area is 152 Å². The van der Waals surface area contributed by atoms with Crippen LogP contribution in [0.25, 0.3) is 0 Å². The van der Waals surface area contributed by atoms with Crippen LogP contribution in [0.4, 0.5) is 13.2 Å². The van der Waals surface area contributed by atoms with Crippen LogP contribution in [-0.2, 0) is 16.4 Å². The molecule has 1 aromatic rings. The van der Waals surface area contributed by atoms with Gasteiger partial charge in [-0.05, 0) is 43.2 Å². The predicted molar refractivity (Wildman–Crippen MR) is 94.8 cm³/mol. The maximum Gasteiger partial charge on any atom is 0.416 e. The number of fused-ring (bicyclic) bond motifs is 2. The molecule has 2 fully saturated rings. The van der Waals surface area contributed by atoms with E-state index in [-0.39, 0.29) is 5.91 Å². The Bertz CT molecular complexity index is 645. The van der Waals surface area contributed by atoms with Crippen molar-refractivity contribution in [3.63, 3.8) is 0 Å². The summed E-state index contributed by atoms with van der Waals surface area (Å²) in [6.07, 6.45) is 0.635. The van der Waals surface area contributed by atoms with E-state index in [9.17, 15) is 18.0 Å². The lowest BCUT2D eigenvalue weighted by molar-refractivity contribution is -0.137. The summed E-state index contributed by atoms with van der Waals surface area (Å²) in [7, 11) is 0. The van der Waals surface area contributed by atoms with Crippen LogP contribution in [-0.4, -0.2) is 24.5 Å². The summed E-state index contributed by atoms with van der Waals surface area (Å²) in [5, 5.41) is 6.50. The van der Waals surface area contributed by atoms with Crippen molar-refractivity contribution in [3.8, 4) is 0 Å². The number of rotatable bonds is 5. The first-order valence-corrected chi connectivity index (χ1v) is 9.34. The number of carbonyl (C=O) groups excluding carboxylic acids is 1. The lowest BCUT2D eigenvalue weighted by Crippen LogP contribution is -2.41. The summed E-state index contributed by atoms with van der Waals surface area (Å²) >= 11 is 0. The summed E-state index contributed by atoms with van der Waals surface area (Å²) < 4.78 is 38.8. The Hall–Kier alpha value is -1.56. The molecule has 3 nitrogen and oxygen atoms in total. The standard InChI is InChI=1S/C20H27F3N2O/c1-19(2,14-4-3-5-15(11-14)20(21,22)23)12-24-18(26)10-13-8-16-6-7-17(9-13)25-16/h3-5,11,13,16-17,25H,6-10,12H2,1-2H3,(H,24,26). The van der Waals surface area contributed by atoms with Crippen LogP contribution in [0.1, 0.15) is 57.1 Å². The van der Waals surface area contributed by atoms with Crippen LogP contribution >= 0.6 is 0 Å². The van der Waals surface area contributed by atoms with Gasteiger partial charge in [-0.1, -0.05) is 32.0 Å². The van der Waals surface area contributed by atoms with Gasteiger partial charge in [-0.3, -0.25) is 4.79 Å². The fourth-order valence-corrected chi connectivity index (χ4v) is 4.21. The second-order valence-corrected chi connectivity index (χ2v) is 8.42. The van der Waals surface area contributed by atoms with E-state index in [1.54, 1.807) is 6.07 Å². The zero-order chi connectivity index (χ0) is 18.9. The van der Waals surface area contributed by atoms with Crippen LogP contribution in [0.15, 0.2) is 24.3 Å². The summed E-state index contributed by atoms with van der Waals surface area (Å²) in [6, 6.07) is 6.46. The van der Waals surface area contributed by atoms with Crippen molar-refractivity contribution in [3.05, 3.63) is 35.4 Å². The van der Waals surface area contributed by atoms with Gasteiger partial charge in [-0.15, -0.1) is 0 Å². The van der Waals surface area contributed by atoms with Crippen molar-refractivity contribution in [2.45, 2.75) is 69.6 Å². The molecule has 2 atom stereocenters. The number of hydrogen-bond acceptors (Lipinski definition) is 2. The van der Waals surface area contributed by atoms with E-state index in [0.29, 0.717) is 36.5 Å². The second kappa shape index (κ2) is 7.22. The number of benzene rings is 1. The molecule has 2 unspecified atom stereocenters. The lowest BCUT2D eigenvalue weighted by Gasteiger charge is -2.30. The number of amides is 1. The molecule has 0 spiro atoms. The molecule has 0 aromatic heterocycles. The molecular weight excluding hydrogens is 341 g/mol. The minimum absolute atomic E-state index is 0.00338. The number of halogens is 3. The van der Waals surface area contributed by atoms with Crippen molar-refractivity contribution < 1.29 is 18.0 Å². The highest BCUT2D eigenvalue weighted by Crippen LogP contribution is 2.34. The highest BCUT2D eigenvalue weighted by Gasteiger charge is 2.35. The van der Waals surface area contributed by atoms with Gasteiger partial charge >= 0.3 is 6.18 Å². The molecule has 6 heteroatoms. The number of alkyl halides is 3. The van der Waals surface area contributed by atoms with E-state index < -0.39 is 17.2 Å². The Morgan fingerprint density at radius 1 is 1.15 bits per heavy atom. The second-order valence-electron chi connectivity index (χ2n) is 8.42. The molecule has 2 heterocycles. The average Bonchev–Trinajstić information content (AvgIpc) is 2.91. The van der Waals surface area contributed by atoms with Gasteiger partial charge in [0, 0.05) is 30.5 Å². The van der Waals surface area contributed by atoms with E-state index in [2.05, 4.69) is 10.6 Å². The Morgan fingerprint density at radius 2 is 1.77 bits per heavy atom. The largest absolute Gasteiger partial charge is 0.416 e. The van der Waals surface area contributed by atoms with Gasteiger partial charge in [0.05, 0.1) is 5.56 Å². The number of nitrogens with one attached hydrogen (secondary N) is 2. The Morgan fingerprint density at radius 3 is 2.38 bits per heavy atom. The fraction of sp³-hybridized carbons (Fsp3) is 0.650. The average molecular weight is 368 g/mol.